The van der Waals surface area contributed by atoms with Gasteiger partial charge in [-0.15, -0.1) is 13.2 Å². The number of ether oxygens (including phenoxy) is 1. The van der Waals surface area contributed by atoms with Crippen LogP contribution in [0.15, 0.2) is 67.8 Å². The van der Waals surface area contributed by atoms with Gasteiger partial charge in [0.1, 0.15) is 11.9 Å². The molecule has 1 nitrogen and oxygen atoms in total. The summed E-state index contributed by atoms with van der Waals surface area (Å²) >= 11 is 0. The van der Waals surface area contributed by atoms with Crippen LogP contribution in [0.2, 0.25) is 0 Å². The Balaban J connectivity index is 2.19. The molecule has 2 rings (SSSR count). The molecule has 92 valence electrons. The molecule has 0 saturated heterocycles. The summed E-state index contributed by atoms with van der Waals surface area (Å²) in [4.78, 5) is 0. The topological polar surface area (TPSA) is 9.23 Å². The van der Waals surface area contributed by atoms with Gasteiger partial charge in [-0.1, -0.05) is 42.5 Å². The van der Waals surface area contributed by atoms with Crippen molar-refractivity contribution < 1.29 is 4.74 Å². The number of benzene rings is 2. The van der Waals surface area contributed by atoms with Crippen LogP contribution in [0.3, 0.4) is 0 Å². The van der Waals surface area contributed by atoms with Crippen LogP contribution in [0.1, 0.15) is 12.8 Å². The van der Waals surface area contributed by atoms with Crippen molar-refractivity contribution >= 4 is 10.8 Å². The summed E-state index contributed by atoms with van der Waals surface area (Å²) in [5, 5.41) is 2.43. The van der Waals surface area contributed by atoms with Crippen LogP contribution in [-0.4, -0.2) is 6.10 Å². The van der Waals surface area contributed by atoms with E-state index >= 15 is 0 Å². The fourth-order valence-electron chi connectivity index (χ4n) is 2.00. The van der Waals surface area contributed by atoms with Crippen molar-refractivity contribution in [3.05, 3.63) is 67.8 Å². The van der Waals surface area contributed by atoms with Gasteiger partial charge < -0.3 is 4.74 Å². The quantitative estimate of drug-likeness (QED) is 0.660. The second-order valence-corrected chi connectivity index (χ2v) is 4.30. The molecular weight excluding hydrogens is 220 g/mol. The monoisotopic (exact) mass is 238 g/mol. The van der Waals surface area contributed by atoms with Crippen molar-refractivity contribution in [3.8, 4) is 5.75 Å². The first-order valence-corrected chi connectivity index (χ1v) is 6.20. The molecular formula is C17H18O. The van der Waals surface area contributed by atoms with Crippen LogP contribution < -0.4 is 4.74 Å². The van der Waals surface area contributed by atoms with Gasteiger partial charge in [-0.2, -0.15) is 0 Å². The lowest BCUT2D eigenvalue weighted by Gasteiger charge is -2.16. The molecule has 0 aliphatic rings. The normalized spacial score (nSPS) is 10.5. The average Bonchev–Trinajstić information content (AvgIpc) is 2.39. The maximum absolute atomic E-state index is 5.96. The van der Waals surface area contributed by atoms with E-state index < -0.39 is 0 Å². The highest BCUT2D eigenvalue weighted by molar-refractivity contribution is 5.83. The van der Waals surface area contributed by atoms with Crippen LogP contribution in [0.4, 0.5) is 0 Å². The standard InChI is InChI=1S/C17H18O/c1-3-7-16(8-4-2)18-17-12-11-14-9-5-6-10-15(14)13-17/h3-6,9-13,16H,1-2,7-8H2. The predicted octanol–water partition coefficient (Wildman–Crippen LogP) is 4.74. The zero-order chi connectivity index (χ0) is 12.8. The molecule has 0 heterocycles. The Morgan fingerprint density at radius 1 is 0.944 bits per heavy atom. The Kier molecular flexibility index (Phi) is 4.19. The molecule has 0 saturated carbocycles. The van der Waals surface area contributed by atoms with E-state index in [4.69, 9.17) is 4.74 Å². The molecule has 0 spiro atoms. The maximum Gasteiger partial charge on any atom is 0.120 e. The molecule has 0 atom stereocenters. The highest BCUT2D eigenvalue weighted by Gasteiger charge is 2.07. The molecule has 0 radical (unpaired) electrons. The Morgan fingerprint density at radius 3 is 2.28 bits per heavy atom. The second kappa shape index (κ2) is 6.06. The Labute approximate surface area is 108 Å². The first-order valence-electron chi connectivity index (χ1n) is 6.20. The van der Waals surface area contributed by atoms with Gasteiger partial charge in [0.15, 0.2) is 0 Å². The largest absolute Gasteiger partial charge is 0.490 e. The second-order valence-electron chi connectivity index (χ2n) is 4.30. The Morgan fingerprint density at radius 2 is 1.61 bits per heavy atom. The summed E-state index contributed by atoms with van der Waals surface area (Å²) < 4.78 is 5.96. The third-order valence-corrected chi connectivity index (χ3v) is 2.88. The fraction of sp³-hybridized carbons (Fsp3) is 0.176. The van der Waals surface area contributed by atoms with Crippen molar-refractivity contribution in [1.82, 2.24) is 0 Å². The zero-order valence-electron chi connectivity index (χ0n) is 10.5. The first-order chi connectivity index (χ1) is 8.83. The SMILES string of the molecule is C=CCC(CC=C)Oc1ccc2ccccc2c1. The van der Waals surface area contributed by atoms with E-state index in [0.717, 1.165) is 18.6 Å². The zero-order valence-corrected chi connectivity index (χ0v) is 10.5. The first kappa shape index (κ1) is 12.4. The van der Waals surface area contributed by atoms with Crippen LogP contribution in [0, 0.1) is 0 Å². The van der Waals surface area contributed by atoms with E-state index in [1.54, 1.807) is 0 Å². The molecule has 0 aromatic heterocycles. The Bertz CT molecular complexity index is 532. The van der Waals surface area contributed by atoms with Gasteiger partial charge in [0.2, 0.25) is 0 Å². The minimum Gasteiger partial charge on any atom is -0.490 e. The lowest BCUT2D eigenvalue weighted by atomic mass is 10.1. The summed E-state index contributed by atoms with van der Waals surface area (Å²) in [6, 6.07) is 14.5. The smallest absolute Gasteiger partial charge is 0.120 e. The lowest BCUT2D eigenvalue weighted by Crippen LogP contribution is -2.14. The van der Waals surface area contributed by atoms with E-state index in [0.29, 0.717) is 0 Å². The van der Waals surface area contributed by atoms with Crippen molar-refractivity contribution in [2.75, 3.05) is 0 Å². The van der Waals surface area contributed by atoms with Crippen LogP contribution in [0.5, 0.6) is 5.75 Å². The number of rotatable bonds is 6. The predicted molar refractivity (Wildman–Crippen MR) is 78.0 cm³/mol. The number of fused-ring (bicyclic) bond motifs is 1. The molecule has 0 bridgehead atoms. The minimum atomic E-state index is 0.126. The number of hydrogen-bond donors (Lipinski definition) is 0. The minimum absolute atomic E-state index is 0.126. The molecule has 0 fully saturated rings. The third-order valence-electron chi connectivity index (χ3n) is 2.88. The van der Waals surface area contributed by atoms with Gasteiger partial charge in [0.25, 0.3) is 0 Å². The van der Waals surface area contributed by atoms with Crippen molar-refractivity contribution in [2.24, 2.45) is 0 Å². The lowest BCUT2D eigenvalue weighted by molar-refractivity contribution is 0.208. The van der Waals surface area contributed by atoms with E-state index in [1.807, 2.05) is 30.4 Å². The molecule has 18 heavy (non-hydrogen) atoms. The summed E-state index contributed by atoms with van der Waals surface area (Å²) in [7, 11) is 0. The third kappa shape index (κ3) is 3.01. The fourth-order valence-corrected chi connectivity index (χ4v) is 2.00. The van der Waals surface area contributed by atoms with Gasteiger partial charge in [0, 0.05) is 12.8 Å². The van der Waals surface area contributed by atoms with Crippen molar-refractivity contribution in [2.45, 2.75) is 18.9 Å². The van der Waals surface area contributed by atoms with Crippen LogP contribution >= 0.6 is 0 Å². The molecule has 1 heteroatoms. The van der Waals surface area contributed by atoms with Crippen molar-refractivity contribution in [3.63, 3.8) is 0 Å². The highest BCUT2D eigenvalue weighted by Crippen LogP contribution is 2.22. The molecule has 0 unspecified atom stereocenters. The summed E-state index contributed by atoms with van der Waals surface area (Å²) in [6.07, 6.45) is 5.56. The molecule has 0 amide bonds. The van der Waals surface area contributed by atoms with Crippen molar-refractivity contribution in [1.29, 1.82) is 0 Å². The van der Waals surface area contributed by atoms with Gasteiger partial charge in [-0.25, -0.2) is 0 Å². The summed E-state index contributed by atoms with van der Waals surface area (Å²) in [5.41, 5.74) is 0. The van der Waals surface area contributed by atoms with E-state index in [2.05, 4.69) is 37.4 Å². The molecule has 0 N–H and O–H groups in total. The Hall–Kier alpha value is -2.02. The summed E-state index contributed by atoms with van der Waals surface area (Å²) in [5.74, 6) is 0.905. The van der Waals surface area contributed by atoms with Gasteiger partial charge in [0.05, 0.1) is 0 Å². The van der Waals surface area contributed by atoms with Gasteiger partial charge >= 0.3 is 0 Å². The molecule has 0 aliphatic carbocycles. The highest BCUT2D eigenvalue weighted by atomic mass is 16.5. The van der Waals surface area contributed by atoms with E-state index in [-0.39, 0.29) is 6.10 Å². The van der Waals surface area contributed by atoms with E-state index in [1.165, 1.54) is 10.8 Å². The van der Waals surface area contributed by atoms with Crippen LogP contribution in [-0.2, 0) is 0 Å². The average molecular weight is 238 g/mol. The number of hydrogen-bond acceptors (Lipinski definition) is 1. The molecule has 0 aliphatic heterocycles. The molecule has 2 aromatic carbocycles. The molecule has 2 aromatic rings. The van der Waals surface area contributed by atoms with Gasteiger partial charge in [-0.3, -0.25) is 0 Å². The van der Waals surface area contributed by atoms with Gasteiger partial charge in [-0.05, 0) is 22.9 Å². The summed E-state index contributed by atoms with van der Waals surface area (Å²) in [6.45, 7) is 7.52. The van der Waals surface area contributed by atoms with E-state index in [9.17, 15) is 0 Å². The maximum atomic E-state index is 5.96. The van der Waals surface area contributed by atoms with Crippen LogP contribution in [0.25, 0.3) is 10.8 Å².